The maximum atomic E-state index is 12.7. The molecule has 33 heavy (non-hydrogen) atoms. The Morgan fingerprint density at radius 1 is 1.03 bits per heavy atom. The first-order valence-electron chi connectivity index (χ1n) is 10.8. The molecule has 1 fully saturated rings. The van der Waals surface area contributed by atoms with Gasteiger partial charge in [0.05, 0.1) is 18.6 Å². The number of aromatic nitrogens is 5. The lowest BCUT2D eigenvalue weighted by Crippen LogP contribution is -2.49. The molecule has 10 heteroatoms. The molecule has 0 aliphatic carbocycles. The largest absolute Gasteiger partial charge is 0.442 e. The zero-order valence-corrected chi connectivity index (χ0v) is 19.2. The summed E-state index contributed by atoms with van der Waals surface area (Å²) in [5.41, 5.74) is 3.64. The molecular weight excluding hydrogens is 442 g/mol. The molecule has 0 radical (unpaired) electrons. The molecule has 0 bridgehead atoms. The standard InChI is InChI=1S/C23H24ClN7O2/c1-16(17-3-5-20(24)6-4-17)33-23(32)30-9-7-29(8-10-30)22-14-25-21-11-18(12-27-31(21)22)19-13-26-28(2)15-19/h3-6,11-16H,7-10H2,1-2H3. The van der Waals surface area contributed by atoms with Crippen molar-refractivity contribution >= 4 is 29.2 Å². The molecule has 1 amide bonds. The van der Waals surface area contributed by atoms with Crippen molar-refractivity contribution in [3.8, 4) is 11.1 Å². The minimum Gasteiger partial charge on any atom is -0.442 e. The van der Waals surface area contributed by atoms with Crippen molar-refractivity contribution in [3.05, 3.63) is 65.7 Å². The number of piperazine rings is 1. The molecule has 170 valence electrons. The number of hydrogen-bond donors (Lipinski definition) is 0. The first kappa shape index (κ1) is 21.3. The van der Waals surface area contributed by atoms with E-state index in [2.05, 4.69) is 20.1 Å². The molecule has 1 aromatic carbocycles. The molecule has 1 aliphatic rings. The number of ether oxygens (including phenoxy) is 1. The Kier molecular flexibility index (Phi) is 5.63. The summed E-state index contributed by atoms with van der Waals surface area (Å²) < 4.78 is 9.25. The van der Waals surface area contributed by atoms with Crippen LogP contribution in [0.4, 0.5) is 10.6 Å². The van der Waals surface area contributed by atoms with Crippen molar-refractivity contribution in [1.29, 1.82) is 0 Å². The van der Waals surface area contributed by atoms with Gasteiger partial charge in [-0.1, -0.05) is 23.7 Å². The van der Waals surface area contributed by atoms with E-state index in [1.165, 1.54) is 0 Å². The van der Waals surface area contributed by atoms with E-state index in [9.17, 15) is 4.79 Å². The molecule has 1 aliphatic heterocycles. The summed E-state index contributed by atoms with van der Waals surface area (Å²) in [7, 11) is 1.89. The van der Waals surface area contributed by atoms with E-state index in [-0.39, 0.29) is 12.2 Å². The number of rotatable bonds is 4. The Morgan fingerprint density at radius 3 is 2.45 bits per heavy atom. The van der Waals surface area contributed by atoms with Gasteiger partial charge >= 0.3 is 6.09 Å². The lowest BCUT2D eigenvalue weighted by atomic mass is 10.1. The fourth-order valence-corrected chi connectivity index (χ4v) is 4.08. The maximum Gasteiger partial charge on any atom is 0.410 e. The second-order valence-electron chi connectivity index (χ2n) is 8.08. The van der Waals surface area contributed by atoms with E-state index in [1.807, 2.05) is 61.5 Å². The van der Waals surface area contributed by atoms with Crippen LogP contribution in [0.2, 0.25) is 5.02 Å². The highest BCUT2D eigenvalue weighted by molar-refractivity contribution is 6.30. The van der Waals surface area contributed by atoms with Crippen LogP contribution >= 0.6 is 11.6 Å². The monoisotopic (exact) mass is 465 g/mol. The number of carbonyl (C=O) groups excluding carboxylic acids is 1. The number of anilines is 1. The van der Waals surface area contributed by atoms with Crippen molar-refractivity contribution in [1.82, 2.24) is 29.3 Å². The third-order valence-electron chi connectivity index (χ3n) is 5.86. The van der Waals surface area contributed by atoms with Gasteiger partial charge in [-0.05, 0) is 30.7 Å². The summed E-state index contributed by atoms with van der Waals surface area (Å²) in [5.74, 6) is 0.908. The lowest BCUT2D eigenvalue weighted by Gasteiger charge is -2.35. The molecule has 4 heterocycles. The Labute approximate surface area is 196 Å². The molecule has 9 nitrogen and oxygen atoms in total. The Balaban J connectivity index is 1.22. The molecule has 3 aromatic heterocycles. The highest BCUT2D eigenvalue weighted by atomic mass is 35.5. The highest BCUT2D eigenvalue weighted by Crippen LogP contribution is 2.24. The van der Waals surface area contributed by atoms with Crippen LogP contribution in [0.1, 0.15) is 18.6 Å². The third-order valence-corrected chi connectivity index (χ3v) is 6.11. The van der Waals surface area contributed by atoms with Crippen LogP contribution in [0.25, 0.3) is 16.8 Å². The summed E-state index contributed by atoms with van der Waals surface area (Å²) in [4.78, 5) is 21.1. The number of amides is 1. The fourth-order valence-electron chi connectivity index (χ4n) is 3.95. The van der Waals surface area contributed by atoms with Crippen LogP contribution in [0.3, 0.4) is 0 Å². The van der Waals surface area contributed by atoms with Crippen molar-refractivity contribution in [2.75, 3.05) is 31.1 Å². The number of benzene rings is 1. The van der Waals surface area contributed by atoms with Gasteiger partial charge in [-0.2, -0.15) is 14.7 Å². The predicted octanol–water partition coefficient (Wildman–Crippen LogP) is 3.80. The van der Waals surface area contributed by atoms with Gasteiger partial charge in [0.1, 0.15) is 6.10 Å². The molecule has 5 rings (SSSR count). The maximum absolute atomic E-state index is 12.7. The Bertz CT molecular complexity index is 1280. The predicted molar refractivity (Wildman–Crippen MR) is 125 cm³/mol. The van der Waals surface area contributed by atoms with Gasteiger partial charge in [-0.25, -0.2) is 9.78 Å². The summed E-state index contributed by atoms with van der Waals surface area (Å²) in [6.45, 7) is 4.33. The van der Waals surface area contributed by atoms with Gasteiger partial charge in [-0.3, -0.25) is 4.68 Å². The van der Waals surface area contributed by atoms with Gasteiger partial charge in [0.2, 0.25) is 0 Å². The van der Waals surface area contributed by atoms with Crippen LogP contribution in [-0.2, 0) is 11.8 Å². The van der Waals surface area contributed by atoms with Gasteiger partial charge in [0, 0.05) is 55.6 Å². The van der Waals surface area contributed by atoms with Crippen LogP contribution in [0.15, 0.2) is 55.1 Å². The summed E-state index contributed by atoms with van der Waals surface area (Å²) in [6.07, 6.45) is 6.75. The second kappa shape index (κ2) is 8.74. The topological polar surface area (TPSA) is 80.8 Å². The van der Waals surface area contributed by atoms with Crippen molar-refractivity contribution in [3.63, 3.8) is 0 Å². The molecular formula is C23H24ClN7O2. The third kappa shape index (κ3) is 4.36. The highest BCUT2D eigenvalue weighted by Gasteiger charge is 2.25. The minimum absolute atomic E-state index is 0.311. The van der Waals surface area contributed by atoms with Crippen molar-refractivity contribution in [2.45, 2.75) is 13.0 Å². The quantitative estimate of drug-likeness (QED) is 0.456. The first-order valence-corrected chi connectivity index (χ1v) is 11.1. The first-order chi connectivity index (χ1) is 16.0. The summed E-state index contributed by atoms with van der Waals surface area (Å²) >= 11 is 5.94. The van der Waals surface area contributed by atoms with E-state index in [0.29, 0.717) is 31.2 Å². The van der Waals surface area contributed by atoms with Gasteiger partial charge in [-0.15, -0.1) is 0 Å². The molecule has 0 saturated carbocycles. The number of carbonyl (C=O) groups is 1. The molecule has 1 atom stereocenters. The van der Waals surface area contributed by atoms with Crippen molar-refractivity contribution < 1.29 is 9.53 Å². The molecule has 0 N–H and O–H groups in total. The van der Waals surface area contributed by atoms with Crippen molar-refractivity contribution in [2.24, 2.45) is 7.05 Å². The number of nitrogens with zero attached hydrogens (tertiary/aromatic N) is 7. The number of hydrogen-bond acceptors (Lipinski definition) is 6. The van der Waals surface area contributed by atoms with E-state index < -0.39 is 0 Å². The Hall–Kier alpha value is -3.59. The zero-order valence-electron chi connectivity index (χ0n) is 18.4. The number of halogens is 1. The second-order valence-corrected chi connectivity index (χ2v) is 8.52. The number of fused-ring (bicyclic) bond motifs is 1. The fraction of sp³-hybridized carbons (Fsp3) is 0.304. The van der Waals surface area contributed by atoms with Gasteiger partial charge in [0.15, 0.2) is 11.5 Å². The SMILES string of the molecule is CC(OC(=O)N1CCN(c2cnc3cc(-c4cnn(C)c4)cnn23)CC1)c1ccc(Cl)cc1. The smallest absolute Gasteiger partial charge is 0.410 e. The van der Waals surface area contributed by atoms with Gasteiger partial charge < -0.3 is 14.5 Å². The van der Waals surface area contributed by atoms with Crippen LogP contribution in [0, 0.1) is 0 Å². The average Bonchev–Trinajstić information content (AvgIpc) is 3.45. The zero-order chi connectivity index (χ0) is 22.9. The Morgan fingerprint density at radius 2 is 1.76 bits per heavy atom. The van der Waals surface area contributed by atoms with E-state index >= 15 is 0 Å². The minimum atomic E-state index is -0.343. The number of aryl methyl sites for hydroxylation is 1. The van der Waals surface area contributed by atoms with E-state index in [1.54, 1.807) is 21.7 Å². The van der Waals surface area contributed by atoms with Gasteiger partial charge in [0.25, 0.3) is 0 Å². The normalized spacial score (nSPS) is 15.1. The molecule has 4 aromatic rings. The lowest BCUT2D eigenvalue weighted by molar-refractivity contribution is 0.0680. The summed E-state index contributed by atoms with van der Waals surface area (Å²) in [6, 6.07) is 9.33. The van der Waals surface area contributed by atoms with E-state index in [4.69, 9.17) is 16.3 Å². The van der Waals surface area contributed by atoms with Crippen LogP contribution < -0.4 is 4.90 Å². The van der Waals surface area contributed by atoms with Crippen LogP contribution in [-0.4, -0.2) is 61.6 Å². The molecule has 1 unspecified atom stereocenters. The van der Waals surface area contributed by atoms with Crippen LogP contribution in [0.5, 0.6) is 0 Å². The summed E-state index contributed by atoms with van der Waals surface area (Å²) in [5, 5.41) is 9.47. The molecule has 0 spiro atoms. The average molecular weight is 466 g/mol. The number of imidazole rings is 1. The molecule has 1 saturated heterocycles. The van der Waals surface area contributed by atoms with E-state index in [0.717, 1.165) is 28.2 Å².